The van der Waals surface area contributed by atoms with Crippen LogP contribution in [0.2, 0.25) is 0 Å². The zero-order valence-corrected chi connectivity index (χ0v) is 12.5. The third kappa shape index (κ3) is 3.23. The number of carbonyl (C=O) groups excluding carboxylic acids is 1. The van der Waals surface area contributed by atoms with Gasteiger partial charge in [0, 0.05) is 17.5 Å². The van der Waals surface area contributed by atoms with Gasteiger partial charge >= 0.3 is 5.97 Å². The van der Waals surface area contributed by atoms with Gasteiger partial charge in [-0.3, -0.25) is 4.79 Å². The van der Waals surface area contributed by atoms with E-state index in [0.717, 1.165) is 5.56 Å². The van der Waals surface area contributed by atoms with Crippen molar-refractivity contribution >= 4 is 16.9 Å². The maximum atomic E-state index is 12.0. The number of H-pyrrole nitrogens is 1. The van der Waals surface area contributed by atoms with Crippen molar-refractivity contribution in [1.29, 1.82) is 0 Å². The molecule has 5 heteroatoms. The SMILES string of the molecule is COC(=O)c1cc(=O)c2ccc(OCc3ccccc3)cc2[nH]1. The van der Waals surface area contributed by atoms with Gasteiger partial charge in [-0.15, -0.1) is 0 Å². The van der Waals surface area contributed by atoms with Gasteiger partial charge in [0.1, 0.15) is 18.1 Å². The Kier molecular flexibility index (Phi) is 4.10. The van der Waals surface area contributed by atoms with E-state index in [1.54, 1.807) is 18.2 Å². The topological polar surface area (TPSA) is 68.4 Å². The zero-order valence-electron chi connectivity index (χ0n) is 12.5. The fourth-order valence-corrected chi connectivity index (χ4v) is 2.28. The van der Waals surface area contributed by atoms with E-state index < -0.39 is 5.97 Å². The molecule has 1 heterocycles. The summed E-state index contributed by atoms with van der Waals surface area (Å²) in [5.41, 5.74) is 1.45. The molecule has 2 aromatic carbocycles. The number of ether oxygens (including phenoxy) is 2. The second-order valence-electron chi connectivity index (χ2n) is 5.02. The highest BCUT2D eigenvalue weighted by molar-refractivity contribution is 5.91. The summed E-state index contributed by atoms with van der Waals surface area (Å²) in [4.78, 5) is 26.5. The summed E-state index contributed by atoms with van der Waals surface area (Å²) in [7, 11) is 1.27. The highest BCUT2D eigenvalue weighted by atomic mass is 16.5. The molecule has 0 aliphatic heterocycles. The minimum absolute atomic E-state index is 0.116. The molecule has 0 amide bonds. The summed E-state index contributed by atoms with van der Waals surface area (Å²) in [6.07, 6.45) is 0. The summed E-state index contributed by atoms with van der Waals surface area (Å²) >= 11 is 0. The number of aromatic amines is 1. The van der Waals surface area contributed by atoms with Crippen LogP contribution in [0.25, 0.3) is 10.9 Å². The molecule has 1 aromatic heterocycles. The summed E-state index contributed by atoms with van der Waals surface area (Å²) in [5, 5.41) is 0.490. The molecule has 0 spiro atoms. The Bertz CT molecular complexity index is 900. The van der Waals surface area contributed by atoms with Crippen LogP contribution in [0, 0.1) is 0 Å². The minimum atomic E-state index is -0.584. The number of esters is 1. The van der Waals surface area contributed by atoms with Crippen molar-refractivity contribution in [1.82, 2.24) is 4.98 Å². The molecule has 0 atom stereocenters. The van der Waals surface area contributed by atoms with E-state index in [-0.39, 0.29) is 11.1 Å². The Balaban J connectivity index is 1.91. The lowest BCUT2D eigenvalue weighted by atomic mass is 10.2. The number of carbonyl (C=O) groups is 1. The molecular formula is C18H15NO4. The van der Waals surface area contributed by atoms with Crippen LogP contribution in [0.15, 0.2) is 59.4 Å². The Hall–Kier alpha value is -3.08. The minimum Gasteiger partial charge on any atom is -0.489 e. The van der Waals surface area contributed by atoms with Gasteiger partial charge in [-0.25, -0.2) is 4.79 Å². The van der Waals surface area contributed by atoms with Gasteiger partial charge in [-0.1, -0.05) is 30.3 Å². The highest BCUT2D eigenvalue weighted by Gasteiger charge is 2.10. The maximum absolute atomic E-state index is 12.0. The van der Waals surface area contributed by atoms with Gasteiger partial charge in [0.05, 0.1) is 12.6 Å². The van der Waals surface area contributed by atoms with E-state index in [2.05, 4.69) is 9.72 Å². The average Bonchev–Trinajstić information content (AvgIpc) is 2.59. The third-order valence-corrected chi connectivity index (χ3v) is 3.45. The summed E-state index contributed by atoms with van der Waals surface area (Å²) < 4.78 is 10.4. The number of aromatic nitrogens is 1. The summed E-state index contributed by atoms with van der Waals surface area (Å²) in [6.45, 7) is 0.424. The van der Waals surface area contributed by atoms with E-state index in [4.69, 9.17) is 4.74 Å². The van der Waals surface area contributed by atoms with Crippen LogP contribution in [0.5, 0.6) is 5.75 Å². The predicted molar refractivity (Wildman–Crippen MR) is 86.7 cm³/mol. The predicted octanol–water partition coefficient (Wildman–Crippen LogP) is 2.89. The van der Waals surface area contributed by atoms with Crippen LogP contribution in [0.1, 0.15) is 16.1 Å². The summed E-state index contributed by atoms with van der Waals surface area (Å²) in [5.74, 6) is 0.0265. The number of hydrogen-bond acceptors (Lipinski definition) is 4. The molecule has 3 aromatic rings. The first kappa shape index (κ1) is 14.8. The van der Waals surface area contributed by atoms with Gasteiger partial charge in [0.25, 0.3) is 0 Å². The van der Waals surface area contributed by atoms with E-state index in [0.29, 0.717) is 23.3 Å². The molecular weight excluding hydrogens is 294 g/mol. The number of benzene rings is 2. The molecule has 0 fully saturated rings. The van der Waals surface area contributed by atoms with Crippen molar-refractivity contribution in [3.05, 3.63) is 76.1 Å². The number of rotatable bonds is 4. The summed E-state index contributed by atoms with van der Waals surface area (Å²) in [6, 6.07) is 16.1. The van der Waals surface area contributed by atoms with Crippen LogP contribution in [0.4, 0.5) is 0 Å². The number of fused-ring (bicyclic) bond motifs is 1. The van der Waals surface area contributed by atoms with Crippen LogP contribution < -0.4 is 10.2 Å². The van der Waals surface area contributed by atoms with Gasteiger partial charge < -0.3 is 14.5 Å². The third-order valence-electron chi connectivity index (χ3n) is 3.45. The molecule has 0 radical (unpaired) electrons. The Morgan fingerprint density at radius 2 is 1.87 bits per heavy atom. The lowest BCUT2D eigenvalue weighted by molar-refractivity contribution is 0.0594. The van der Waals surface area contributed by atoms with Crippen LogP contribution in [0.3, 0.4) is 0 Å². The number of nitrogens with one attached hydrogen (secondary N) is 1. The van der Waals surface area contributed by atoms with Crippen LogP contribution in [-0.2, 0) is 11.3 Å². The van der Waals surface area contributed by atoms with E-state index in [1.807, 2.05) is 30.3 Å². The molecule has 0 saturated carbocycles. The zero-order chi connectivity index (χ0) is 16.2. The first-order valence-corrected chi connectivity index (χ1v) is 7.09. The molecule has 0 saturated heterocycles. The van der Waals surface area contributed by atoms with Crippen molar-refractivity contribution in [2.45, 2.75) is 6.61 Å². The average molecular weight is 309 g/mol. The quantitative estimate of drug-likeness (QED) is 0.752. The van der Waals surface area contributed by atoms with Gasteiger partial charge in [-0.05, 0) is 17.7 Å². The molecule has 5 nitrogen and oxygen atoms in total. The second-order valence-corrected chi connectivity index (χ2v) is 5.02. The first-order valence-electron chi connectivity index (χ1n) is 7.09. The van der Waals surface area contributed by atoms with E-state index in [9.17, 15) is 9.59 Å². The molecule has 0 bridgehead atoms. The van der Waals surface area contributed by atoms with E-state index >= 15 is 0 Å². The first-order chi connectivity index (χ1) is 11.2. The van der Waals surface area contributed by atoms with Crippen molar-refractivity contribution in [3.63, 3.8) is 0 Å². The lowest BCUT2D eigenvalue weighted by Gasteiger charge is -2.08. The molecule has 0 aliphatic carbocycles. The van der Waals surface area contributed by atoms with Gasteiger partial charge in [0.15, 0.2) is 5.43 Å². The van der Waals surface area contributed by atoms with Crippen molar-refractivity contribution in [2.75, 3.05) is 7.11 Å². The largest absolute Gasteiger partial charge is 0.489 e. The number of hydrogen-bond donors (Lipinski definition) is 1. The lowest BCUT2D eigenvalue weighted by Crippen LogP contribution is -2.11. The smallest absolute Gasteiger partial charge is 0.354 e. The second kappa shape index (κ2) is 6.36. The fourth-order valence-electron chi connectivity index (χ4n) is 2.28. The van der Waals surface area contributed by atoms with E-state index in [1.165, 1.54) is 13.2 Å². The fraction of sp³-hybridized carbons (Fsp3) is 0.111. The molecule has 0 unspecified atom stereocenters. The monoisotopic (exact) mass is 309 g/mol. The molecule has 0 aliphatic rings. The Labute approximate surface area is 132 Å². The van der Waals surface area contributed by atoms with Gasteiger partial charge in [0.2, 0.25) is 0 Å². The normalized spacial score (nSPS) is 10.5. The van der Waals surface area contributed by atoms with Crippen molar-refractivity contribution in [2.24, 2.45) is 0 Å². The van der Waals surface area contributed by atoms with Crippen LogP contribution >= 0.6 is 0 Å². The molecule has 116 valence electrons. The highest BCUT2D eigenvalue weighted by Crippen LogP contribution is 2.19. The van der Waals surface area contributed by atoms with Crippen molar-refractivity contribution < 1.29 is 14.3 Å². The Morgan fingerprint density at radius 3 is 2.61 bits per heavy atom. The van der Waals surface area contributed by atoms with Crippen LogP contribution in [-0.4, -0.2) is 18.1 Å². The maximum Gasteiger partial charge on any atom is 0.354 e. The molecule has 3 rings (SSSR count). The molecule has 23 heavy (non-hydrogen) atoms. The number of pyridine rings is 1. The number of methoxy groups -OCH3 is 1. The standard InChI is InChI=1S/C18H15NO4/c1-22-18(21)16-10-17(20)14-8-7-13(9-15(14)19-16)23-11-12-5-3-2-4-6-12/h2-10H,11H2,1H3,(H,19,20). The Morgan fingerprint density at radius 1 is 1.09 bits per heavy atom. The van der Waals surface area contributed by atoms with Gasteiger partial charge in [-0.2, -0.15) is 0 Å². The molecule has 1 N–H and O–H groups in total. The van der Waals surface area contributed by atoms with Crippen molar-refractivity contribution in [3.8, 4) is 5.75 Å².